The molecule has 3 aromatic heterocycles. The molecule has 0 unspecified atom stereocenters. The molecular formula is C56H59N8O3S+3. The van der Waals surface area contributed by atoms with Crippen molar-refractivity contribution in [3.63, 3.8) is 0 Å². The number of rotatable bonds is 11. The molecule has 0 saturated carbocycles. The first-order valence-corrected chi connectivity index (χ1v) is 24.4. The number of aromatic nitrogens is 3. The average Bonchev–Trinajstić information content (AvgIpc) is 4.10. The first-order chi connectivity index (χ1) is 32.9. The van der Waals surface area contributed by atoms with Crippen LogP contribution < -0.4 is 48.3 Å². The Hall–Kier alpha value is -7.18. The van der Waals surface area contributed by atoms with E-state index >= 15 is 0 Å². The summed E-state index contributed by atoms with van der Waals surface area (Å²) in [4.78, 5) is 25.3. The molecule has 12 heteroatoms. The molecular weight excluding hydrogens is 865 g/mol. The van der Waals surface area contributed by atoms with Gasteiger partial charge in [0.15, 0.2) is 42.1 Å². The maximum atomic E-state index is 14.8. The molecule has 3 aliphatic heterocycles. The van der Waals surface area contributed by atoms with Crippen LogP contribution in [0.5, 0.6) is 0 Å². The van der Waals surface area contributed by atoms with Crippen LogP contribution in [-0.4, -0.2) is 74.4 Å². The van der Waals surface area contributed by atoms with E-state index in [9.17, 15) is 9.90 Å². The molecule has 2 fully saturated rings. The number of carboxylic acids is 1. The van der Waals surface area contributed by atoms with Gasteiger partial charge in [-0.15, -0.1) is 0 Å². The van der Waals surface area contributed by atoms with Crippen LogP contribution in [0.15, 0.2) is 148 Å². The number of aryl methyl sites for hydroxylation is 1. The molecule has 2 saturated heterocycles. The van der Waals surface area contributed by atoms with Crippen molar-refractivity contribution < 1.29 is 28.0 Å². The van der Waals surface area contributed by atoms with E-state index in [4.69, 9.17) is 4.42 Å². The normalized spacial score (nSPS) is 13.8. The molecule has 11 nitrogen and oxygen atoms in total. The zero-order valence-corrected chi connectivity index (χ0v) is 40.9. The summed E-state index contributed by atoms with van der Waals surface area (Å²) in [7, 11) is 12.1. The number of fused-ring (bicyclic) bond motifs is 2. The summed E-state index contributed by atoms with van der Waals surface area (Å²) < 4.78 is 15.6. The monoisotopic (exact) mass is 923 g/mol. The molecule has 4 aliphatic rings. The Morgan fingerprint density at radius 2 is 1.16 bits per heavy atom. The second-order valence-electron chi connectivity index (χ2n) is 18.6. The van der Waals surface area contributed by atoms with Crippen LogP contribution in [0.3, 0.4) is 0 Å². The Morgan fingerprint density at radius 3 is 1.71 bits per heavy atom. The summed E-state index contributed by atoms with van der Waals surface area (Å²) in [5.41, 5.74) is 9.95. The van der Waals surface area contributed by atoms with Gasteiger partial charge in [-0.25, -0.2) is 4.58 Å². The fourth-order valence-corrected chi connectivity index (χ4v) is 10.9. The zero-order valence-electron chi connectivity index (χ0n) is 40.1. The van der Waals surface area contributed by atoms with Crippen LogP contribution >= 0.6 is 11.8 Å². The molecule has 0 N–H and O–H groups in total. The fourth-order valence-electron chi connectivity index (χ4n) is 9.77. The number of benzene rings is 4. The van der Waals surface area contributed by atoms with Gasteiger partial charge in [-0.05, 0) is 50.1 Å². The van der Waals surface area contributed by atoms with E-state index in [1.165, 1.54) is 0 Å². The van der Waals surface area contributed by atoms with Crippen LogP contribution in [0.25, 0.3) is 50.5 Å². The van der Waals surface area contributed by atoms with Crippen LogP contribution in [0.1, 0.15) is 41.6 Å². The number of carbonyl (C=O) groups is 1. The Bertz CT molecular complexity index is 3200. The summed E-state index contributed by atoms with van der Waals surface area (Å²) in [5, 5.41) is 16.7. The SMILES string of the molecule is Cc1ccc(Sc2c(-[n+]3ccc(N(C)C)cc3)c(-c3c4ccc(=[N+]5CCCC5)cc-4oc4cc(N5CCCC5)ccc34)c(C(=O)[O-])c(-[n+]3ccc(N(C)C)cc3)c2-[n+]2ccc(N(C)C)cc2)cc1. The van der Waals surface area contributed by atoms with E-state index in [-0.39, 0.29) is 5.56 Å². The Kier molecular flexibility index (Phi) is 12.1. The first kappa shape index (κ1) is 44.6. The molecule has 0 radical (unpaired) electrons. The van der Waals surface area contributed by atoms with Gasteiger partial charge in [-0.3, -0.25) is 0 Å². The van der Waals surface area contributed by atoms with E-state index in [0.29, 0.717) is 34.0 Å². The van der Waals surface area contributed by atoms with Gasteiger partial charge < -0.3 is 33.9 Å². The molecule has 6 aromatic rings. The summed E-state index contributed by atoms with van der Waals surface area (Å²) in [6.07, 6.45) is 16.6. The van der Waals surface area contributed by atoms with Gasteiger partial charge in [-0.1, -0.05) is 29.5 Å². The molecule has 344 valence electrons. The average molecular weight is 924 g/mol. The summed E-state index contributed by atoms with van der Waals surface area (Å²) in [6.45, 7) is 6.00. The highest BCUT2D eigenvalue weighted by Crippen LogP contribution is 2.49. The van der Waals surface area contributed by atoms with Gasteiger partial charge in [0.2, 0.25) is 11.0 Å². The van der Waals surface area contributed by atoms with Crippen LogP contribution in [-0.2, 0) is 0 Å². The third-order valence-corrected chi connectivity index (χ3v) is 14.6. The molecule has 0 atom stereocenters. The second-order valence-corrected chi connectivity index (χ2v) is 19.7. The zero-order chi connectivity index (χ0) is 47.2. The van der Waals surface area contributed by atoms with Gasteiger partial charge in [0.25, 0.3) is 5.69 Å². The third-order valence-electron chi connectivity index (χ3n) is 13.5. The van der Waals surface area contributed by atoms with Gasteiger partial charge in [0, 0.05) is 161 Å². The Balaban J connectivity index is 1.44. The fraction of sp³-hybridized carbons (Fsp3) is 0.268. The lowest BCUT2D eigenvalue weighted by atomic mass is 9.87. The highest BCUT2D eigenvalue weighted by Gasteiger charge is 2.43. The van der Waals surface area contributed by atoms with E-state index in [2.05, 4.69) is 120 Å². The molecule has 1 aliphatic carbocycles. The molecule has 6 heterocycles. The largest absolute Gasteiger partial charge is 0.545 e. The van der Waals surface area contributed by atoms with Crippen molar-refractivity contribution in [2.45, 2.75) is 42.4 Å². The minimum atomic E-state index is -1.30. The topological polar surface area (TPSA) is 80.9 Å². The first-order valence-electron chi connectivity index (χ1n) is 23.5. The van der Waals surface area contributed by atoms with Crippen LogP contribution in [0, 0.1) is 6.92 Å². The van der Waals surface area contributed by atoms with Crippen molar-refractivity contribution in [1.29, 1.82) is 0 Å². The number of nitrogens with zero attached hydrogens (tertiary/aromatic N) is 8. The number of carboxylic acid groups (broad SMARTS) is 1. The number of carbonyl (C=O) groups excluding carboxylic acids is 1. The number of pyridine rings is 3. The smallest absolute Gasteiger partial charge is 0.304 e. The third kappa shape index (κ3) is 8.42. The van der Waals surface area contributed by atoms with E-state index in [1.54, 1.807) is 11.8 Å². The second kappa shape index (κ2) is 18.5. The van der Waals surface area contributed by atoms with Gasteiger partial charge in [0.1, 0.15) is 24.4 Å². The molecule has 3 aromatic carbocycles. The highest BCUT2D eigenvalue weighted by atomic mass is 32.2. The minimum Gasteiger partial charge on any atom is -0.545 e. The number of aromatic carboxylic acids is 1. The Labute approximate surface area is 403 Å². The molecule has 68 heavy (non-hydrogen) atoms. The molecule has 10 rings (SSSR count). The van der Waals surface area contributed by atoms with Crippen LogP contribution in [0.2, 0.25) is 0 Å². The standard InChI is InChI=1S/C56H59N8O3S/c1-38-12-16-44(17-13-38)68-55-53(63-32-22-40(23-33-63)58(4)5)50(51(56(65)66)52(62-30-20-39(21-31-62)57(2)3)54(55)64-34-24-41(25-35-64)59(6)7)49-45-18-14-42(60-26-8-9-27-60)36-47(45)67-48-37-43(15-19-46(48)49)61-28-10-11-29-61/h12-25,30-37H,8-11,26-29H2,1-7H3/q+3. The number of anilines is 4. The van der Waals surface area contributed by atoms with Crippen molar-refractivity contribution in [3.8, 4) is 39.5 Å². The molecule has 0 spiro atoms. The summed E-state index contributed by atoms with van der Waals surface area (Å²) in [6, 6.07) is 33.7. The lowest BCUT2D eigenvalue weighted by Gasteiger charge is -2.23. The number of hydrogen-bond acceptors (Lipinski definition) is 8. The van der Waals surface area contributed by atoms with Crippen LogP contribution in [0.4, 0.5) is 22.7 Å². The molecule has 0 amide bonds. The predicted octanol–water partition coefficient (Wildman–Crippen LogP) is 7.22. The van der Waals surface area contributed by atoms with Crippen molar-refractivity contribution in [3.05, 3.63) is 151 Å². The van der Waals surface area contributed by atoms with Crippen molar-refractivity contribution in [1.82, 2.24) is 4.58 Å². The maximum absolute atomic E-state index is 14.8. The quantitative estimate of drug-likeness (QED) is 0.0995. The lowest BCUT2D eigenvalue weighted by molar-refractivity contribution is -0.637. The van der Waals surface area contributed by atoms with E-state index in [0.717, 1.165) is 112 Å². The van der Waals surface area contributed by atoms with Crippen molar-refractivity contribution in [2.75, 3.05) is 88.1 Å². The van der Waals surface area contributed by atoms with Gasteiger partial charge >= 0.3 is 5.69 Å². The number of hydrogen-bond donors (Lipinski definition) is 0. The minimum absolute atomic E-state index is 0.0558. The maximum Gasteiger partial charge on any atom is 0.304 e. The van der Waals surface area contributed by atoms with Gasteiger partial charge in [0.05, 0.1) is 23.2 Å². The van der Waals surface area contributed by atoms with Crippen molar-refractivity contribution >= 4 is 51.4 Å². The lowest BCUT2D eigenvalue weighted by Crippen LogP contribution is -2.45. The van der Waals surface area contributed by atoms with Gasteiger partial charge in [-0.2, -0.15) is 13.7 Å². The summed E-state index contributed by atoms with van der Waals surface area (Å²) in [5.74, 6) is -0.609. The molecule has 0 bridgehead atoms. The van der Waals surface area contributed by atoms with E-state index < -0.39 is 5.97 Å². The summed E-state index contributed by atoms with van der Waals surface area (Å²) >= 11 is 1.62. The van der Waals surface area contributed by atoms with E-state index in [1.807, 2.05) is 101 Å². The Morgan fingerprint density at radius 1 is 0.618 bits per heavy atom. The van der Waals surface area contributed by atoms with Crippen molar-refractivity contribution in [2.24, 2.45) is 0 Å². The predicted molar refractivity (Wildman–Crippen MR) is 271 cm³/mol. The highest BCUT2D eigenvalue weighted by molar-refractivity contribution is 7.99.